The highest BCUT2D eigenvalue weighted by atomic mass is 35.5. The molecule has 0 bridgehead atoms. The normalized spacial score (nSPS) is 30.0. The molecule has 2 atom stereocenters. The molecule has 2 aromatic rings. The van der Waals surface area contributed by atoms with Crippen LogP contribution >= 0.6 is 23.2 Å². The molecule has 0 fully saturated rings. The van der Waals surface area contributed by atoms with Gasteiger partial charge in [0.15, 0.2) is 11.6 Å². The Labute approximate surface area is 125 Å². The van der Waals surface area contributed by atoms with Crippen LogP contribution in [0.1, 0.15) is 22.3 Å². The van der Waals surface area contributed by atoms with Gasteiger partial charge in [-0.15, -0.1) is 23.2 Å². The molecule has 0 saturated heterocycles. The van der Waals surface area contributed by atoms with E-state index in [0.717, 1.165) is 11.1 Å². The van der Waals surface area contributed by atoms with E-state index >= 15 is 0 Å². The standard InChI is InChI=1S/C16H10Cl2F2/c17-15-7-9-3-1-2-4-11(9)16(15,18)12-6-14(20)13(19)5-10(12)8-15/h1-6H,7-8H2. The third-order valence-electron chi connectivity index (χ3n) is 4.46. The van der Waals surface area contributed by atoms with Gasteiger partial charge in [-0.1, -0.05) is 24.3 Å². The van der Waals surface area contributed by atoms with Crippen LogP contribution in [0.15, 0.2) is 36.4 Å². The van der Waals surface area contributed by atoms with Gasteiger partial charge in [0.2, 0.25) is 0 Å². The van der Waals surface area contributed by atoms with Crippen LogP contribution in [0, 0.1) is 11.6 Å². The number of benzene rings is 2. The Morgan fingerprint density at radius 1 is 0.850 bits per heavy atom. The van der Waals surface area contributed by atoms with Gasteiger partial charge in [0.1, 0.15) is 4.87 Å². The fraction of sp³-hybridized carbons (Fsp3) is 0.250. The predicted molar refractivity (Wildman–Crippen MR) is 75.4 cm³/mol. The van der Waals surface area contributed by atoms with Crippen LogP contribution in [0.5, 0.6) is 0 Å². The van der Waals surface area contributed by atoms with Gasteiger partial charge in [0.05, 0.1) is 4.87 Å². The van der Waals surface area contributed by atoms with Crippen molar-refractivity contribution in [3.63, 3.8) is 0 Å². The van der Waals surface area contributed by atoms with Crippen LogP contribution in [0.3, 0.4) is 0 Å². The van der Waals surface area contributed by atoms with Crippen LogP contribution in [0.25, 0.3) is 0 Å². The Morgan fingerprint density at radius 2 is 1.50 bits per heavy atom. The topological polar surface area (TPSA) is 0 Å². The van der Waals surface area contributed by atoms with Crippen LogP contribution in [0.4, 0.5) is 8.78 Å². The number of hydrogen-bond acceptors (Lipinski definition) is 0. The molecule has 2 aliphatic carbocycles. The minimum absolute atomic E-state index is 0.444. The summed E-state index contributed by atoms with van der Waals surface area (Å²) in [7, 11) is 0. The lowest BCUT2D eigenvalue weighted by Crippen LogP contribution is -2.37. The number of halogens is 4. The predicted octanol–water partition coefficient (Wildman–Crippen LogP) is 4.54. The molecule has 0 spiro atoms. The summed E-state index contributed by atoms with van der Waals surface area (Å²) in [5, 5.41) is 0. The maximum atomic E-state index is 13.6. The first-order chi connectivity index (χ1) is 9.46. The molecule has 0 aliphatic heterocycles. The average Bonchev–Trinajstić information content (AvgIpc) is 2.74. The van der Waals surface area contributed by atoms with Crippen molar-refractivity contribution in [2.24, 2.45) is 0 Å². The molecular formula is C16H10Cl2F2. The number of fused-ring (bicyclic) bond motifs is 5. The largest absolute Gasteiger partial charge is 0.204 e. The highest BCUT2D eigenvalue weighted by Crippen LogP contribution is 2.62. The average molecular weight is 311 g/mol. The quantitative estimate of drug-likeness (QED) is 0.627. The fourth-order valence-electron chi connectivity index (χ4n) is 3.60. The van der Waals surface area contributed by atoms with Crippen molar-refractivity contribution in [2.45, 2.75) is 22.6 Å². The zero-order valence-corrected chi connectivity index (χ0v) is 11.9. The first-order valence-corrected chi connectivity index (χ1v) is 7.16. The summed E-state index contributed by atoms with van der Waals surface area (Å²) in [5.74, 6) is -1.73. The van der Waals surface area contributed by atoms with Crippen LogP contribution in [0.2, 0.25) is 0 Å². The minimum Gasteiger partial charge on any atom is -0.204 e. The van der Waals surface area contributed by atoms with E-state index in [4.69, 9.17) is 23.2 Å². The number of alkyl halides is 2. The second-order valence-corrected chi connectivity index (χ2v) is 6.85. The van der Waals surface area contributed by atoms with Crippen molar-refractivity contribution in [3.05, 3.63) is 70.3 Å². The molecule has 0 N–H and O–H groups in total. The summed E-state index contributed by atoms with van der Waals surface area (Å²) in [6.07, 6.45) is 1.05. The summed E-state index contributed by atoms with van der Waals surface area (Å²) >= 11 is 13.6. The monoisotopic (exact) mass is 310 g/mol. The summed E-state index contributed by atoms with van der Waals surface area (Å²) in [6.45, 7) is 0. The molecule has 2 aliphatic rings. The highest BCUT2D eigenvalue weighted by molar-refractivity contribution is 6.38. The molecule has 0 heterocycles. The number of hydrogen-bond donors (Lipinski definition) is 0. The van der Waals surface area contributed by atoms with Crippen molar-refractivity contribution < 1.29 is 8.78 Å². The zero-order chi connectivity index (χ0) is 14.1. The second kappa shape index (κ2) is 3.75. The van der Waals surface area contributed by atoms with Gasteiger partial charge in [0, 0.05) is 0 Å². The fourth-order valence-corrected chi connectivity index (χ4v) is 4.59. The lowest BCUT2D eigenvalue weighted by Gasteiger charge is -2.31. The summed E-state index contributed by atoms with van der Waals surface area (Å²) in [4.78, 5) is -1.73. The van der Waals surface area contributed by atoms with Gasteiger partial charge in [-0.2, -0.15) is 0 Å². The SMILES string of the molecule is Fc1cc2c(cc1F)C1(Cl)c3ccccc3CC1(Cl)C2. The van der Waals surface area contributed by atoms with Crippen molar-refractivity contribution in [1.29, 1.82) is 0 Å². The van der Waals surface area contributed by atoms with E-state index in [9.17, 15) is 8.78 Å². The summed E-state index contributed by atoms with van der Waals surface area (Å²) in [6, 6.07) is 10.2. The molecule has 0 saturated carbocycles. The van der Waals surface area contributed by atoms with Gasteiger partial charge >= 0.3 is 0 Å². The smallest absolute Gasteiger partial charge is 0.159 e. The van der Waals surface area contributed by atoms with Crippen molar-refractivity contribution in [1.82, 2.24) is 0 Å². The van der Waals surface area contributed by atoms with Gasteiger partial charge < -0.3 is 0 Å². The lowest BCUT2D eigenvalue weighted by atomic mass is 9.90. The molecule has 0 amide bonds. The highest BCUT2D eigenvalue weighted by Gasteiger charge is 2.61. The summed E-state index contributed by atoms with van der Waals surface area (Å²) < 4.78 is 27.1. The molecule has 0 radical (unpaired) electrons. The Balaban J connectivity index is 2.04. The Hall–Kier alpha value is -1.12. The summed E-state index contributed by atoms with van der Waals surface area (Å²) in [5.41, 5.74) is 3.27. The molecule has 2 unspecified atom stereocenters. The van der Waals surface area contributed by atoms with Gasteiger partial charge in [-0.05, 0) is 47.2 Å². The van der Waals surface area contributed by atoms with Crippen molar-refractivity contribution in [3.8, 4) is 0 Å². The minimum atomic E-state index is -0.977. The van der Waals surface area contributed by atoms with Crippen molar-refractivity contribution in [2.75, 3.05) is 0 Å². The molecule has 0 aromatic heterocycles. The van der Waals surface area contributed by atoms with E-state index in [2.05, 4.69) is 0 Å². The van der Waals surface area contributed by atoms with E-state index in [1.54, 1.807) is 0 Å². The van der Waals surface area contributed by atoms with Crippen LogP contribution in [-0.4, -0.2) is 4.87 Å². The Morgan fingerprint density at radius 3 is 2.30 bits per heavy atom. The van der Waals surface area contributed by atoms with E-state index in [1.807, 2.05) is 24.3 Å². The zero-order valence-electron chi connectivity index (χ0n) is 10.4. The van der Waals surface area contributed by atoms with E-state index < -0.39 is 21.4 Å². The maximum absolute atomic E-state index is 13.6. The Bertz CT molecular complexity index is 743. The Kier molecular flexibility index (Phi) is 2.36. The lowest BCUT2D eigenvalue weighted by molar-refractivity contribution is 0.505. The molecular weight excluding hydrogens is 301 g/mol. The molecule has 0 nitrogen and oxygen atoms in total. The van der Waals surface area contributed by atoms with Crippen molar-refractivity contribution >= 4 is 23.2 Å². The molecule has 4 rings (SSSR count). The molecule has 2 aromatic carbocycles. The maximum Gasteiger partial charge on any atom is 0.159 e. The van der Waals surface area contributed by atoms with Gasteiger partial charge in [-0.3, -0.25) is 0 Å². The van der Waals surface area contributed by atoms with Gasteiger partial charge in [-0.25, -0.2) is 8.78 Å². The van der Waals surface area contributed by atoms with E-state index in [0.29, 0.717) is 24.0 Å². The molecule has 4 heteroatoms. The van der Waals surface area contributed by atoms with Crippen LogP contribution < -0.4 is 0 Å². The number of rotatable bonds is 0. The van der Waals surface area contributed by atoms with Gasteiger partial charge in [0.25, 0.3) is 0 Å². The third-order valence-corrected chi connectivity index (χ3v) is 5.88. The first-order valence-electron chi connectivity index (χ1n) is 6.40. The molecule has 20 heavy (non-hydrogen) atoms. The molecule has 102 valence electrons. The first kappa shape index (κ1) is 12.6. The van der Waals surface area contributed by atoms with E-state index in [-0.39, 0.29) is 0 Å². The van der Waals surface area contributed by atoms with Crippen LogP contribution in [-0.2, 0) is 17.7 Å². The third kappa shape index (κ3) is 1.32. The second-order valence-electron chi connectivity index (χ2n) is 5.56. The van der Waals surface area contributed by atoms with E-state index in [1.165, 1.54) is 12.1 Å².